The number of allylic oxidation sites excluding steroid dienone is 2. The van der Waals surface area contributed by atoms with E-state index in [4.69, 9.17) is 0 Å². The fourth-order valence-electron chi connectivity index (χ4n) is 2.20. The van der Waals surface area contributed by atoms with Crippen LogP contribution in [0.4, 0.5) is 4.79 Å². The van der Waals surface area contributed by atoms with Crippen molar-refractivity contribution in [2.45, 2.75) is 33.6 Å². The smallest absolute Gasteiger partial charge is 0.425 e. The molecule has 0 saturated heterocycles. The van der Waals surface area contributed by atoms with Crippen LogP contribution >= 0.6 is 0 Å². The number of hydrogen-bond donors (Lipinski definition) is 2. The lowest BCUT2D eigenvalue weighted by atomic mass is 9.76. The summed E-state index contributed by atoms with van der Waals surface area (Å²) in [4.78, 5) is 10.9. The second kappa shape index (κ2) is 4.55. The summed E-state index contributed by atoms with van der Waals surface area (Å²) >= 11 is 0. The van der Waals surface area contributed by atoms with Crippen LogP contribution in [0.5, 0.6) is 0 Å². The minimum Gasteiger partial charge on any atom is -0.452 e. The van der Waals surface area contributed by atoms with Gasteiger partial charge in [0, 0.05) is 5.70 Å². The van der Waals surface area contributed by atoms with Crippen molar-refractivity contribution < 1.29 is 9.53 Å². The topological polar surface area (TPSA) is 50.4 Å². The number of rotatable bonds is 2. The van der Waals surface area contributed by atoms with Gasteiger partial charge in [-0.2, -0.15) is 0 Å². The zero-order chi connectivity index (χ0) is 11.5. The Hall–Kier alpha value is -1.19. The number of nitrogens with one attached hydrogen (secondary N) is 2. The summed E-state index contributed by atoms with van der Waals surface area (Å²) in [6.07, 6.45) is 3.85. The highest BCUT2D eigenvalue weighted by atomic mass is 16.5. The minimum absolute atomic E-state index is 0.192. The zero-order valence-corrected chi connectivity index (χ0v) is 9.89. The van der Waals surface area contributed by atoms with E-state index >= 15 is 0 Å². The summed E-state index contributed by atoms with van der Waals surface area (Å²) in [7, 11) is 1.35. The molecule has 0 saturated carbocycles. The third-order valence-electron chi connectivity index (χ3n) is 2.52. The summed E-state index contributed by atoms with van der Waals surface area (Å²) < 4.78 is 4.48. The molecular weight excluding hydrogens is 192 g/mol. The Morgan fingerprint density at radius 3 is 2.80 bits per heavy atom. The van der Waals surface area contributed by atoms with E-state index in [-0.39, 0.29) is 5.41 Å². The van der Waals surface area contributed by atoms with Gasteiger partial charge in [0.1, 0.15) is 0 Å². The zero-order valence-electron chi connectivity index (χ0n) is 9.89. The molecular formula is C11H20N2O2. The van der Waals surface area contributed by atoms with E-state index in [0.29, 0.717) is 5.92 Å². The molecule has 0 fully saturated rings. The molecule has 1 aliphatic carbocycles. The van der Waals surface area contributed by atoms with E-state index < -0.39 is 6.09 Å². The summed E-state index contributed by atoms with van der Waals surface area (Å²) in [6.45, 7) is 6.61. The van der Waals surface area contributed by atoms with Crippen molar-refractivity contribution in [3.05, 3.63) is 11.8 Å². The van der Waals surface area contributed by atoms with Gasteiger partial charge in [0.2, 0.25) is 0 Å². The number of amides is 1. The molecule has 0 radical (unpaired) electrons. The Balaban J connectivity index is 2.54. The molecule has 15 heavy (non-hydrogen) atoms. The maximum Gasteiger partial charge on any atom is 0.425 e. The van der Waals surface area contributed by atoms with Crippen LogP contribution in [0.25, 0.3) is 0 Å². The van der Waals surface area contributed by atoms with Gasteiger partial charge in [0.05, 0.1) is 7.11 Å². The van der Waals surface area contributed by atoms with Crippen LogP contribution in [0.15, 0.2) is 11.8 Å². The van der Waals surface area contributed by atoms with E-state index in [1.807, 2.05) is 0 Å². The lowest BCUT2D eigenvalue weighted by Gasteiger charge is -2.32. The van der Waals surface area contributed by atoms with Gasteiger partial charge in [-0.05, 0) is 24.2 Å². The monoisotopic (exact) mass is 212 g/mol. The molecule has 4 heteroatoms. The quantitative estimate of drug-likeness (QED) is 0.690. The van der Waals surface area contributed by atoms with Gasteiger partial charge in [0.25, 0.3) is 0 Å². The first-order chi connectivity index (χ1) is 6.93. The number of methoxy groups -OCH3 is 1. The van der Waals surface area contributed by atoms with Crippen LogP contribution < -0.4 is 10.9 Å². The summed E-state index contributed by atoms with van der Waals surface area (Å²) in [5, 5.41) is 0. The summed E-state index contributed by atoms with van der Waals surface area (Å²) in [6, 6.07) is 0. The third kappa shape index (κ3) is 3.81. The molecule has 86 valence electrons. The van der Waals surface area contributed by atoms with Gasteiger partial charge in [-0.3, -0.25) is 0 Å². The summed E-state index contributed by atoms with van der Waals surface area (Å²) in [5.41, 5.74) is 6.63. The minimum atomic E-state index is -0.466. The van der Waals surface area contributed by atoms with Crippen LogP contribution in [0.2, 0.25) is 0 Å². The Morgan fingerprint density at radius 1 is 1.60 bits per heavy atom. The van der Waals surface area contributed by atoms with Gasteiger partial charge in [-0.1, -0.05) is 26.8 Å². The molecule has 1 atom stereocenters. The van der Waals surface area contributed by atoms with E-state index in [9.17, 15) is 4.79 Å². The van der Waals surface area contributed by atoms with Crippen LogP contribution in [-0.2, 0) is 4.74 Å². The second-order valence-corrected chi connectivity index (χ2v) is 4.91. The predicted octanol–water partition coefficient (Wildman–Crippen LogP) is 2.19. The van der Waals surface area contributed by atoms with Crippen molar-refractivity contribution in [3.8, 4) is 0 Å². The van der Waals surface area contributed by atoms with Crippen molar-refractivity contribution in [2.75, 3.05) is 7.11 Å². The lowest BCUT2D eigenvalue weighted by molar-refractivity contribution is 0.166. The number of hydrazine groups is 1. The first kappa shape index (κ1) is 11.9. The van der Waals surface area contributed by atoms with E-state index in [0.717, 1.165) is 12.1 Å². The molecule has 0 bridgehead atoms. The fourth-order valence-corrected chi connectivity index (χ4v) is 2.20. The molecule has 0 spiro atoms. The number of carbonyl (C=O) groups excluding carboxylic acids is 1. The van der Waals surface area contributed by atoms with Crippen molar-refractivity contribution in [3.63, 3.8) is 0 Å². The van der Waals surface area contributed by atoms with E-state index in [2.05, 4.69) is 42.4 Å². The average Bonchev–Trinajstić information content (AvgIpc) is 2.11. The van der Waals surface area contributed by atoms with Gasteiger partial charge < -0.3 is 10.2 Å². The Morgan fingerprint density at radius 2 is 2.27 bits per heavy atom. The highest BCUT2D eigenvalue weighted by molar-refractivity contribution is 5.66. The van der Waals surface area contributed by atoms with Gasteiger partial charge >= 0.3 is 6.09 Å². The Bertz CT molecular complexity index is 272. The SMILES string of the molecule is COC(=O)NNC1=CC(C)(C)C[C@H](C)C1. The Kier molecular flexibility index (Phi) is 3.61. The van der Waals surface area contributed by atoms with Crippen molar-refractivity contribution in [1.29, 1.82) is 0 Å². The van der Waals surface area contributed by atoms with Crippen LogP contribution in [-0.4, -0.2) is 13.2 Å². The fraction of sp³-hybridized carbons (Fsp3) is 0.727. The van der Waals surface area contributed by atoms with Crippen molar-refractivity contribution >= 4 is 6.09 Å². The van der Waals surface area contributed by atoms with Crippen LogP contribution in [0.3, 0.4) is 0 Å². The third-order valence-corrected chi connectivity index (χ3v) is 2.52. The van der Waals surface area contributed by atoms with Crippen LogP contribution in [0, 0.1) is 11.3 Å². The lowest BCUT2D eigenvalue weighted by Crippen LogP contribution is -2.39. The van der Waals surface area contributed by atoms with Gasteiger partial charge in [-0.15, -0.1) is 0 Å². The molecule has 0 aromatic carbocycles. The van der Waals surface area contributed by atoms with Crippen LogP contribution in [0.1, 0.15) is 33.6 Å². The molecule has 0 unspecified atom stereocenters. The van der Waals surface area contributed by atoms with Crippen molar-refractivity contribution in [1.82, 2.24) is 10.9 Å². The second-order valence-electron chi connectivity index (χ2n) is 4.91. The van der Waals surface area contributed by atoms with Crippen molar-refractivity contribution in [2.24, 2.45) is 11.3 Å². The molecule has 4 nitrogen and oxygen atoms in total. The average molecular weight is 212 g/mol. The molecule has 0 aromatic rings. The molecule has 0 heterocycles. The predicted molar refractivity (Wildman–Crippen MR) is 58.9 cm³/mol. The molecule has 2 N–H and O–H groups in total. The highest BCUT2D eigenvalue weighted by Crippen LogP contribution is 2.35. The molecule has 0 aromatic heterocycles. The van der Waals surface area contributed by atoms with Gasteiger partial charge in [0.15, 0.2) is 0 Å². The largest absolute Gasteiger partial charge is 0.452 e. The number of carbonyl (C=O) groups is 1. The number of hydrogen-bond acceptors (Lipinski definition) is 3. The normalized spacial score (nSPS) is 24.0. The first-order valence-corrected chi connectivity index (χ1v) is 5.24. The highest BCUT2D eigenvalue weighted by Gasteiger charge is 2.25. The molecule has 0 aliphatic heterocycles. The molecule has 1 rings (SSSR count). The maximum atomic E-state index is 10.9. The number of ether oxygens (including phenoxy) is 1. The first-order valence-electron chi connectivity index (χ1n) is 5.24. The molecule has 1 amide bonds. The van der Waals surface area contributed by atoms with E-state index in [1.54, 1.807) is 0 Å². The van der Waals surface area contributed by atoms with Gasteiger partial charge in [-0.25, -0.2) is 10.2 Å². The molecule has 1 aliphatic rings. The standard InChI is InChI=1S/C11H20N2O2/c1-8-5-9(7-11(2,3)6-8)12-13-10(14)15-4/h7-8,12H,5-6H2,1-4H3,(H,13,14)/t8-/m1/s1. The maximum absolute atomic E-state index is 10.9. The van der Waals surface area contributed by atoms with E-state index in [1.165, 1.54) is 13.5 Å². The Labute approximate surface area is 91.0 Å². The summed E-state index contributed by atoms with van der Waals surface area (Å²) in [5.74, 6) is 0.631.